The van der Waals surface area contributed by atoms with Crippen molar-refractivity contribution in [2.45, 2.75) is 31.9 Å². The first kappa shape index (κ1) is 18.7. The van der Waals surface area contributed by atoms with Crippen molar-refractivity contribution in [2.75, 3.05) is 17.2 Å². The molecule has 0 aliphatic rings. The second-order valence-corrected chi connectivity index (χ2v) is 6.95. The smallest absolute Gasteiger partial charge is 0.341 e. The number of halogens is 1. The van der Waals surface area contributed by atoms with E-state index in [0.717, 1.165) is 22.9 Å². The zero-order valence-corrected chi connectivity index (χ0v) is 15.7. The standard InChI is InChI=1S/C19H22ClNO2S/c1-4-21(15-9-7-6-8-10-15)14(3)23-19(22)17-12-11-16(24-5-2)13-18(17)20/h6-14H,4-5H2,1-3H3. The van der Waals surface area contributed by atoms with E-state index in [1.807, 2.05) is 61.2 Å². The van der Waals surface area contributed by atoms with Gasteiger partial charge in [0.05, 0.1) is 10.6 Å². The second kappa shape index (κ2) is 9.00. The van der Waals surface area contributed by atoms with Gasteiger partial charge < -0.3 is 9.64 Å². The summed E-state index contributed by atoms with van der Waals surface area (Å²) in [6.07, 6.45) is -0.384. The Morgan fingerprint density at radius 1 is 1.21 bits per heavy atom. The Balaban J connectivity index is 2.10. The Bertz CT molecular complexity index is 678. The van der Waals surface area contributed by atoms with Gasteiger partial charge >= 0.3 is 5.97 Å². The summed E-state index contributed by atoms with van der Waals surface area (Å²) in [6, 6.07) is 15.3. The molecule has 0 amide bonds. The van der Waals surface area contributed by atoms with Crippen LogP contribution in [-0.2, 0) is 4.74 Å². The maximum atomic E-state index is 12.5. The number of carbonyl (C=O) groups excluding carboxylic acids is 1. The monoisotopic (exact) mass is 363 g/mol. The van der Waals surface area contributed by atoms with Crippen LogP contribution in [0.15, 0.2) is 53.4 Å². The van der Waals surface area contributed by atoms with Crippen molar-refractivity contribution in [2.24, 2.45) is 0 Å². The number of benzene rings is 2. The third-order valence-corrected chi connectivity index (χ3v) is 4.81. The van der Waals surface area contributed by atoms with Gasteiger partial charge in [-0.25, -0.2) is 4.79 Å². The summed E-state index contributed by atoms with van der Waals surface area (Å²) in [7, 11) is 0. The Morgan fingerprint density at radius 3 is 2.50 bits per heavy atom. The summed E-state index contributed by atoms with van der Waals surface area (Å²) in [4.78, 5) is 15.5. The first-order valence-corrected chi connectivity index (χ1v) is 9.38. The van der Waals surface area contributed by atoms with E-state index < -0.39 is 5.97 Å². The van der Waals surface area contributed by atoms with Crippen LogP contribution in [0.25, 0.3) is 0 Å². The van der Waals surface area contributed by atoms with Crippen LogP contribution in [0.1, 0.15) is 31.1 Å². The lowest BCUT2D eigenvalue weighted by Gasteiger charge is -2.29. The van der Waals surface area contributed by atoms with Gasteiger partial charge in [0.2, 0.25) is 0 Å². The number of para-hydroxylation sites is 1. The van der Waals surface area contributed by atoms with Crippen molar-refractivity contribution in [3.8, 4) is 0 Å². The lowest BCUT2D eigenvalue weighted by Crippen LogP contribution is -2.36. The second-order valence-electron chi connectivity index (χ2n) is 5.20. The molecular formula is C19H22ClNO2S. The number of hydrogen-bond donors (Lipinski definition) is 0. The van der Waals surface area contributed by atoms with Gasteiger partial charge in [-0.3, -0.25) is 0 Å². The SMILES string of the molecule is CCSc1ccc(C(=O)OC(C)N(CC)c2ccccc2)c(Cl)c1. The molecule has 2 rings (SSSR count). The molecule has 0 saturated carbocycles. The summed E-state index contributed by atoms with van der Waals surface area (Å²) in [6.45, 7) is 6.70. The third kappa shape index (κ3) is 4.68. The van der Waals surface area contributed by atoms with Crippen LogP contribution in [-0.4, -0.2) is 24.5 Å². The van der Waals surface area contributed by atoms with Crippen LogP contribution >= 0.6 is 23.4 Å². The van der Waals surface area contributed by atoms with E-state index in [1.54, 1.807) is 17.8 Å². The van der Waals surface area contributed by atoms with Crippen molar-refractivity contribution in [1.82, 2.24) is 0 Å². The van der Waals surface area contributed by atoms with Crippen LogP contribution in [0, 0.1) is 0 Å². The number of esters is 1. The lowest BCUT2D eigenvalue weighted by molar-refractivity contribution is 0.0336. The number of ether oxygens (including phenoxy) is 1. The fourth-order valence-electron chi connectivity index (χ4n) is 2.47. The summed E-state index contributed by atoms with van der Waals surface area (Å²) in [5.41, 5.74) is 1.41. The highest BCUT2D eigenvalue weighted by Gasteiger charge is 2.20. The molecule has 0 heterocycles. The van der Waals surface area contributed by atoms with Crippen LogP contribution in [0.3, 0.4) is 0 Å². The Labute approximate surface area is 153 Å². The molecule has 0 radical (unpaired) electrons. The van der Waals surface area contributed by atoms with E-state index >= 15 is 0 Å². The molecule has 5 heteroatoms. The van der Waals surface area contributed by atoms with Gasteiger partial charge in [-0.1, -0.05) is 36.7 Å². The number of carbonyl (C=O) groups is 1. The highest BCUT2D eigenvalue weighted by atomic mass is 35.5. The fraction of sp³-hybridized carbons (Fsp3) is 0.316. The average Bonchev–Trinajstić information content (AvgIpc) is 2.56. The molecule has 1 atom stereocenters. The number of nitrogens with zero attached hydrogens (tertiary/aromatic N) is 1. The first-order valence-electron chi connectivity index (χ1n) is 8.01. The Kier molecular flexibility index (Phi) is 7.00. The van der Waals surface area contributed by atoms with Crippen molar-refractivity contribution in [3.63, 3.8) is 0 Å². The van der Waals surface area contributed by atoms with Crippen molar-refractivity contribution < 1.29 is 9.53 Å². The molecule has 3 nitrogen and oxygen atoms in total. The van der Waals surface area contributed by atoms with Crippen LogP contribution in [0.4, 0.5) is 5.69 Å². The van der Waals surface area contributed by atoms with Crippen LogP contribution in [0.2, 0.25) is 5.02 Å². The molecule has 2 aromatic rings. The molecule has 0 N–H and O–H groups in total. The quantitative estimate of drug-likeness (QED) is 0.370. The van der Waals surface area contributed by atoms with E-state index in [1.165, 1.54) is 0 Å². The molecule has 0 aliphatic heterocycles. The van der Waals surface area contributed by atoms with E-state index in [9.17, 15) is 4.79 Å². The number of anilines is 1. The predicted molar refractivity (Wildman–Crippen MR) is 102 cm³/mol. The molecule has 2 aromatic carbocycles. The molecule has 24 heavy (non-hydrogen) atoms. The molecule has 0 spiro atoms. The maximum Gasteiger partial charge on any atom is 0.341 e. The Morgan fingerprint density at radius 2 is 1.92 bits per heavy atom. The van der Waals surface area contributed by atoms with E-state index in [2.05, 4.69) is 6.92 Å². The van der Waals surface area contributed by atoms with Gasteiger partial charge in [-0.15, -0.1) is 11.8 Å². The van der Waals surface area contributed by atoms with Crippen LogP contribution in [0.5, 0.6) is 0 Å². The summed E-state index contributed by atoms with van der Waals surface area (Å²) in [5.74, 6) is 0.551. The average molecular weight is 364 g/mol. The van der Waals surface area contributed by atoms with E-state index in [-0.39, 0.29) is 6.23 Å². The molecule has 0 saturated heterocycles. The largest absolute Gasteiger partial charge is 0.438 e. The zero-order valence-electron chi connectivity index (χ0n) is 14.2. The van der Waals surface area contributed by atoms with Gasteiger partial charge in [0.15, 0.2) is 6.23 Å². The van der Waals surface area contributed by atoms with E-state index in [0.29, 0.717) is 10.6 Å². The number of hydrogen-bond acceptors (Lipinski definition) is 4. The fourth-order valence-corrected chi connectivity index (χ4v) is 3.49. The Hall–Kier alpha value is -1.65. The van der Waals surface area contributed by atoms with Gasteiger partial charge in [0, 0.05) is 17.1 Å². The third-order valence-electron chi connectivity index (χ3n) is 3.62. The summed E-state index contributed by atoms with van der Waals surface area (Å²) >= 11 is 7.93. The molecular weight excluding hydrogens is 342 g/mol. The van der Waals surface area contributed by atoms with Gasteiger partial charge in [-0.05, 0) is 49.9 Å². The van der Waals surface area contributed by atoms with Crippen molar-refractivity contribution in [1.29, 1.82) is 0 Å². The topological polar surface area (TPSA) is 29.5 Å². The normalized spacial score (nSPS) is 11.8. The van der Waals surface area contributed by atoms with Crippen LogP contribution < -0.4 is 4.90 Å². The highest BCUT2D eigenvalue weighted by molar-refractivity contribution is 7.99. The van der Waals surface area contributed by atoms with Gasteiger partial charge in [0.1, 0.15) is 0 Å². The molecule has 0 fully saturated rings. The zero-order chi connectivity index (χ0) is 17.5. The number of thioether (sulfide) groups is 1. The number of rotatable bonds is 7. The summed E-state index contributed by atoms with van der Waals surface area (Å²) < 4.78 is 5.62. The molecule has 0 aliphatic carbocycles. The molecule has 0 aromatic heterocycles. The minimum Gasteiger partial charge on any atom is -0.438 e. The molecule has 0 bridgehead atoms. The van der Waals surface area contributed by atoms with Crippen molar-refractivity contribution >= 4 is 35.0 Å². The maximum absolute atomic E-state index is 12.5. The van der Waals surface area contributed by atoms with Gasteiger partial charge in [0.25, 0.3) is 0 Å². The lowest BCUT2D eigenvalue weighted by atomic mass is 10.2. The van der Waals surface area contributed by atoms with Gasteiger partial charge in [-0.2, -0.15) is 0 Å². The molecule has 1 unspecified atom stereocenters. The summed E-state index contributed by atoms with van der Waals surface area (Å²) in [5, 5.41) is 0.424. The first-order chi connectivity index (χ1) is 11.6. The van der Waals surface area contributed by atoms with E-state index in [4.69, 9.17) is 16.3 Å². The highest BCUT2D eigenvalue weighted by Crippen LogP contribution is 2.26. The minimum atomic E-state index is -0.407. The minimum absolute atomic E-state index is 0.384. The van der Waals surface area contributed by atoms with Crippen molar-refractivity contribution in [3.05, 3.63) is 59.1 Å². The molecule has 128 valence electrons. The predicted octanol–water partition coefficient (Wildman–Crippen LogP) is 5.48.